The van der Waals surface area contributed by atoms with E-state index in [4.69, 9.17) is 6.42 Å². The molecule has 0 unspecified atom stereocenters. The van der Waals surface area contributed by atoms with E-state index in [0.717, 1.165) is 26.9 Å². The molecule has 0 spiro atoms. The molecule has 4 aromatic rings. The molecule has 0 radical (unpaired) electrons. The van der Waals surface area contributed by atoms with Crippen LogP contribution in [0.2, 0.25) is 0 Å². The van der Waals surface area contributed by atoms with Crippen molar-refractivity contribution in [1.29, 1.82) is 0 Å². The zero-order valence-electron chi connectivity index (χ0n) is 19.7. The van der Waals surface area contributed by atoms with Crippen LogP contribution in [-0.4, -0.2) is 30.2 Å². The number of sulfonamides is 1. The van der Waals surface area contributed by atoms with Crippen LogP contribution in [0.3, 0.4) is 0 Å². The largest absolute Gasteiger partial charge is 0.304 e. The Morgan fingerprint density at radius 1 is 1.09 bits per heavy atom. The molecule has 0 saturated heterocycles. The molecule has 1 heterocycles. The van der Waals surface area contributed by atoms with Gasteiger partial charge < -0.3 is 4.57 Å². The van der Waals surface area contributed by atoms with Crippen LogP contribution in [0.5, 0.6) is 0 Å². The van der Waals surface area contributed by atoms with Crippen molar-refractivity contribution in [1.82, 2.24) is 8.87 Å². The maximum atomic E-state index is 13.0. The fourth-order valence-electron chi connectivity index (χ4n) is 3.94. The Morgan fingerprint density at radius 2 is 1.77 bits per heavy atom. The fourth-order valence-corrected chi connectivity index (χ4v) is 6.30. The summed E-state index contributed by atoms with van der Waals surface area (Å²) in [6.07, 6.45) is 5.58. The predicted octanol–water partition coefficient (Wildman–Crippen LogP) is 4.51. The van der Waals surface area contributed by atoms with Crippen LogP contribution in [0.4, 0.5) is 0 Å². The van der Waals surface area contributed by atoms with E-state index in [1.165, 1.54) is 47.0 Å². The first-order valence-electron chi connectivity index (χ1n) is 10.9. The molecule has 0 aliphatic carbocycles. The van der Waals surface area contributed by atoms with E-state index in [1.807, 2.05) is 48.7 Å². The molecule has 0 aliphatic heterocycles. The molecule has 0 aliphatic rings. The maximum absolute atomic E-state index is 13.0. The molecule has 4 rings (SSSR count). The number of terminal acetylenes is 1. The molecule has 0 bridgehead atoms. The van der Waals surface area contributed by atoms with Gasteiger partial charge in [0.05, 0.1) is 21.7 Å². The zero-order valence-corrected chi connectivity index (χ0v) is 21.4. The summed E-state index contributed by atoms with van der Waals surface area (Å²) in [5.41, 5.74) is 4.34. The minimum Gasteiger partial charge on any atom is -0.304 e. The van der Waals surface area contributed by atoms with Gasteiger partial charge in [0.1, 0.15) is 0 Å². The normalized spacial score (nSPS) is 12.3. The fraction of sp³-hybridized carbons (Fsp3) is 0.185. The van der Waals surface area contributed by atoms with Crippen molar-refractivity contribution in [2.45, 2.75) is 31.8 Å². The van der Waals surface area contributed by atoms with Crippen LogP contribution in [-0.2, 0) is 23.1 Å². The number of thiazole rings is 1. The topological polar surface area (TPSA) is 71.7 Å². The molecule has 3 aromatic carbocycles. The lowest BCUT2D eigenvalue weighted by Crippen LogP contribution is -2.26. The number of rotatable bonds is 6. The molecular weight excluding hydrogens is 478 g/mol. The third-order valence-corrected chi connectivity index (χ3v) is 8.46. The molecule has 1 aromatic heterocycles. The maximum Gasteiger partial charge on any atom is 0.279 e. The van der Waals surface area contributed by atoms with Gasteiger partial charge in [-0.15, -0.1) is 6.42 Å². The minimum absolute atomic E-state index is 0.114. The Morgan fingerprint density at radius 3 is 2.43 bits per heavy atom. The van der Waals surface area contributed by atoms with E-state index in [2.05, 4.69) is 23.0 Å². The summed E-state index contributed by atoms with van der Waals surface area (Å²) in [6.45, 7) is 4.57. The molecular formula is C27H25N3O3S2. The third-order valence-electron chi connectivity index (χ3n) is 5.62. The van der Waals surface area contributed by atoms with Crippen LogP contribution < -0.4 is 4.80 Å². The van der Waals surface area contributed by atoms with E-state index in [0.29, 0.717) is 16.9 Å². The first-order valence-corrected chi connectivity index (χ1v) is 13.2. The van der Waals surface area contributed by atoms with Gasteiger partial charge >= 0.3 is 0 Å². The highest BCUT2D eigenvalue weighted by Crippen LogP contribution is 2.23. The molecule has 0 fully saturated rings. The monoisotopic (exact) mass is 503 g/mol. The van der Waals surface area contributed by atoms with Crippen LogP contribution in [0.15, 0.2) is 76.6 Å². The van der Waals surface area contributed by atoms with E-state index in [1.54, 1.807) is 0 Å². The Labute approximate surface area is 209 Å². The highest BCUT2D eigenvalue weighted by molar-refractivity contribution is 7.89. The minimum atomic E-state index is -3.71. The number of fused-ring (bicyclic) bond motifs is 1. The van der Waals surface area contributed by atoms with Crippen molar-refractivity contribution in [3.63, 3.8) is 0 Å². The van der Waals surface area contributed by atoms with Gasteiger partial charge in [0, 0.05) is 19.2 Å². The number of amides is 1. The van der Waals surface area contributed by atoms with Gasteiger partial charge in [-0.2, -0.15) is 9.30 Å². The summed E-state index contributed by atoms with van der Waals surface area (Å²) in [7, 11) is -2.18. The average Bonchev–Trinajstić information content (AvgIpc) is 3.16. The Balaban J connectivity index is 1.63. The van der Waals surface area contributed by atoms with Gasteiger partial charge in [-0.05, 0) is 60.9 Å². The van der Waals surface area contributed by atoms with Crippen molar-refractivity contribution in [2.24, 2.45) is 4.99 Å². The number of nitrogens with zero attached hydrogens (tertiary/aromatic N) is 3. The van der Waals surface area contributed by atoms with Gasteiger partial charge in [0.2, 0.25) is 10.0 Å². The summed E-state index contributed by atoms with van der Waals surface area (Å²) in [4.78, 5) is 17.9. The third kappa shape index (κ3) is 5.13. The molecule has 1 amide bonds. The number of aromatic nitrogens is 1. The number of carbonyl (C=O) groups is 1. The summed E-state index contributed by atoms with van der Waals surface area (Å²) in [5, 5.41) is 0. The molecule has 6 nitrogen and oxygen atoms in total. The number of hydrogen-bond donors (Lipinski definition) is 0. The van der Waals surface area contributed by atoms with E-state index in [9.17, 15) is 13.2 Å². The van der Waals surface area contributed by atoms with Gasteiger partial charge in [-0.1, -0.05) is 53.7 Å². The lowest BCUT2D eigenvalue weighted by atomic mass is 10.1. The smallest absolute Gasteiger partial charge is 0.279 e. The van der Waals surface area contributed by atoms with Crippen molar-refractivity contribution >= 4 is 37.5 Å². The molecule has 0 atom stereocenters. The lowest BCUT2D eigenvalue weighted by Gasteiger charge is -2.17. The molecule has 0 N–H and O–H groups in total. The standard InChI is InChI=1S/C27H25N3O3S2/c1-5-15-30-25-20(3)16-19(2)17-24(25)34-27(30)28-26(31)22-11-13-23(14-12-22)35(32,33)29(4)18-21-9-7-6-8-10-21/h1,6-14,16-17H,15,18H2,2-4H3. The Hall–Kier alpha value is -3.51. The molecule has 0 saturated carbocycles. The van der Waals surface area contributed by atoms with Gasteiger partial charge in [0.25, 0.3) is 5.91 Å². The van der Waals surface area contributed by atoms with Gasteiger partial charge in [0.15, 0.2) is 4.80 Å². The van der Waals surface area contributed by atoms with Crippen molar-refractivity contribution < 1.29 is 13.2 Å². The van der Waals surface area contributed by atoms with Crippen LogP contribution >= 0.6 is 11.3 Å². The van der Waals surface area contributed by atoms with E-state index in [-0.39, 0.29) is 11.4 Å². The highest BCUT2D eigenvalue weighted by atomic mass is 32.2. The Kier molecular flexibility index (Phi) is 7.03. The van der Waals surface area contributed by atoms with Crippen molar-refractivity contribution in [3.8, 4) is 12.3 Å². The molecule has 35 heavy (non-hydrogen) atoms. The van der Waals surface area contributed by atoms with Crippen molar-refractivity contribution in [3.05, 3.63) is 93.8 Å². The number of benzene rings is 3. The summed E-state index contributed by atoms with van der Waals surface area (Å²) < 4.78 is 30.1. The van der Waals surface area contributed by atoms with Crippen LogP contribution in [0, 0.1) is 26.2 Å². The number of carbonyl (C=O) groups excluding carboxylic acids is 1. The second-order valence-electron chi connectivity index (χ2n) is 8.29. The summed E-state index contributed by atoms with van der Waals surface area (Å²) in [5.74, 6) is 2.18. The quantitative estimate of drug-likeness (QED) is 0.364. The van der Waals surface area contributed by atoms with E-state index >= 15 is 0 Å². The van der Waals surface area contributed by atoms with Gasteiger partial charge in [-0.25, -0.2) is 8.42 Å². The van der Waals surface area contributed by atoms with Crippen molar-refractivity contribution in [2.75, 3.05) is 7.05 Å². The van der Waals surface area contributed by atoms with Crippen LogP contribution in [0.25, 0.3) is 10.2 Å². The molecule has 8 heteroatoms. The second-order valence-corrected chi connectivity index (χ2v) is 11.3. The van der Waals surface area contributed by atoms with Crippen LogP contribution in [0.1, 0.15) is 27.0 Å². The predicted molar refractivity (Wildman–Crippen MR) is 140 cm³/mol. The summed E-state index contributed by atoms with van der Waals surface area (Å²) in [6, 6.07) is 19.3. The van der Waals surface area contributed by atoms with E-state index < -0.39 is 15.9 Å². The lowest BCUT2D eigenvalue weighted by molar-refractivity contribution is 0.0998. The number of hydrogen-bond acceptors (Lipinski definition) is 4. The summed E-state index contributed by atoms with van der Waals surface area (Å²) >= 11 is 1.40. The first-order chi connectivity index (χ1) is 16.7. The zero-order chi connectivity index (χ0) is 25.2. The highest BCUT2D eigenvalue weighted by Gasteiger charge is 2.21. The molecule has 178 valence electrons. The second kappa shape index (κ2) is 10.0. The van der Waals surface area contributed by atoms with Gasteiger partial charge in [-0.3, -0.25) is 4.79 Å². The first kappa shape index (κ1) is 24.6. The number of aryl methyl sites for hydroxylation is 2. The SMILES string of the molecule is C#CCn1c(=NC(=O)c2ccc(S(=O)(=O)N(C)Cc3ccccc3)cc2)sc2cc(C)cc(C)c21. The average molecular weight is 504 g/mol. The Bertz CT molecular complexity index is 1610.